The summed E-state index contributed by atoms with van der Waals surface area (Å²) in [5, 5.41) is 1.18. The molecule has 2 atom stereocenters. The van der Waals surface area contributed by atoms with Crippen LogP contribution in [-0.4, -0.2) is 11.0 Å². The van der Waals surface area contributed by atoms with Crippen molar-refractivity contribution in [1.82, 2.24) is 4.98 Å². The Balaban J connectivity index is 2.63. The van der Waals surface area contributed by atoms with Crippen molar-refractivity contribution < 1.29 is 0 Å². The zero-order chi connectivity index (χ0) is 11.0. The van der Waals surface area contributed by atoms with E-state index in [-0.39, 0.29) is 12.1 Å². The van der Waals surface area contributed by atoms with E-state index in [1.165, 1.54) is 5.39 Å². The van der Waals surface area contributed by atoms with Gasteiger partial charge in [0, 0.05) is 28.7 Å². The van der Waals surface area contributed by atoms with Crippen molar-refractivity contribution in [2.24, 2.45) is 11.5 Å². The molecule has 5 N–H and O–H groups in total. The van der Waals surface area contributed by atoms with Crippen molar-refractivity contribution in [3.63, 3.8) is 0 Å². The Hall–Kier alpha value is -1.32. The second kappa shape index (κ2) is 3.68. The van der Waals surface area contributed by atoms with Crippen LogP contribution in [0.3, 0.4) is 0 Å². The Bertz CT molecular complexity index is 471. The average Bonchev–Trinajstić information content (AvgIpc) is 2.52. The van der Waals surface area contributed by atoms with Crippen molar-refractivity contribution in [1.29, 1.82) is 0 Å². The summed E-state index contributed by atoms with van der Waals surface area (Å²) < 4.78 is 0. The van der Waals surface area contributed by atoms with Crippen molar-refractivity contribution in [3.8, 4) is 0 Å². The molecule has 1 aromatic heterocycles. The molecule has 3 nitrogen and oxygen atoms in total. The highest BCUT2D eigenvalue weighted by atomic mass is 14.8. The molecule has 0 bridgehead atoms. The number of rotatable bonds is 2. The number of benzene rings is 1. The van der Waals surface area contributed by atoms with Gasteiger partial charge < -0.3 is 16.5 Å². The number of fused-ring (bicyclic) bond motifs is 1. The number of para-hydroxylation sites is 1. The Labute approximate surface area is 89.5 Å². The minimum Gasteiger partial charge on any atom is -0.358 e. The van der Waals surface area contributed by atoms with Gasteiger partial charge in [-0.3, -0.25) is 0 Å². The molecule has 1 heterocycles. The first-order valence-corrected chi connectivity index (χ1v) is 5.19. The molecule has 3 heteroatoms. The lowest BCUT2D eigenvalue weighted by molar-refractivity contribution is 0.590. The van der Waals surface area contributed by atoms with Gasteiger partial charge in [0.2, 0.25) is 0 Å². The van der Waals surface area contributed by atoms with Crippen LogP contribution in [0, 0.1) is 6.92 Å². The highest BCUT2D eigenvalue weighted by molar-refractivity contribution is 5.85. The molecular weight excluding hydrogens is 186 g/mol. The lowest BCUT2D eigenvalue weighted by Gasteiger charge is -2.16. The molecule has 2 aromatic rings. The van der Waals surface area contributed by atoms with E-state index >= 15 is 0 Å². The first-order chi connectivity index (χ1) is 7.11. The molecule has 80 valence electrons. The summed E-state index contributed by atoms with van der Waals surface area (Å²) in [6, 6.07) is 8.02. The molecule has 0 aliphatic rings. The molecule has 0 fully saturated rings. The summed E-state index contributed by atoms with van der Waals surface area (Å²) in [6.07, 6.45) is 0. The SMILES string of the molecule is Cc1[nH]c2ccccc2c1C(N)C(C)N. The molecular formula is C12H17N3. The maximum absolute atomic E-state index is 6.10. The molecule has 0 aliphatic heterocycles. The second-order valence-corrected chi connectivity index (χ2v) is 4.09. The molecule has 0 saturated heterocycles. The van der Waals surface area contributed by atoms with Crippen LogP contribution in [0.15, 0.2) is 24.3 Å². The minimum atomic E-state index is -0.110. The summed E-state index contributed by atoms with van der Waals surface area (Å²) in [6.45, 7) is 3.98. The summed E-state index contributed by atoms with van der Waals surface area (Å²) >= 11 is 0. The lowest BCUT2D eigenvalue weighted by Crippen LogP contribution is -2.31. The van der Waals surface area contributed by atoms with Gasteiger partial charge in [-0.15, -0.1) is 0 Å². The molecule has 1 aromatic carbocycles. The van der Waals surface area contributed by atoms with Crippen molar-refractivity contribution >= 4 is 10.9 Å². The molecule has 2 rings (SSSR count). The van der Waals surface area contributed by atoms with Gasteiger partial charge in [0.15, 0.2) is 0 Å². The molecule has 0 spiro atoms. The summed E-state index contributed by atoms with van der Waals surface area (Å²) in [7, 11) is 0. The van der Waals surface area contributed by atoms with E-state index in [1.807, 2.05) is 26.0 Å². The van der Waals surface area contributed by atoms with Crippen molar-refractivity contribution in [3.05, 3.63) is 35.5 Å². The van der Waals surface area contributed by atoms with E-state index in [2.05, 4.69) is 17.1 Å². The van der Waals surface area contributed by atoms with Crippen molar-refractivity contribution in [2.45, 2.75) is 25.9 Å². The number of aromatic amines is 1. The predicted molar refractivity (Wildman–Crippen MR) is 63.6 cm³/mol. The number of aromatic nitrogens is 1. The van der Waals surface area contributed by atoms with Crippen LogP contribution in [0.1, 0.15) is 24.2 Å². The van der Waals surface area contributed by atoms with Gasteiger partial charge in [-0.1, -0.05) is 18.2 Å². The third-order valence-electron chi connectivity index (χ3n) is 2.84. The van der Waals surface area contributed by atoms with E-state index in [9.17, 15) is 0 Å². The minimum absolute atomic E-state index is 0.0390. The first-order valence-electron chi connectivity index (χ1n) is 5.19. The Kier molecular flexibility index (Phi) is 2.50. The quantitative estimate of drug-likeness (QED) is 0.697. The van der Waals surface area contributed by atoms with Gasteiger partial charge in [-0.2, -0.15) is 0 Å². The van der Waals surface area contributed by atoms with Gasteiger partial charge in [0.25, 0.3) is 0 Å². The standard InChI is InChI=1S/C12H17N3/c1-7(13)12(14)11-8(2)15-10-6-4-3-5-9(10)11/h3-7,12,15H,13-14H2,1-2H3. The fourth-order valence-corrected chi connectivity index (χ4v) is 1.99. The highest BCUT2D eigenvalue weighted by Gasteiger charge is 2.17. The molecule has 0 aliphatic carbocycles. The van der Waals surface area contributed by atoms with Crippen LogP contribution in [0.2, 0.25) is 0 Å². The fraction of sp³-hybridized carbons (Fsp3) is 0.333. The van der Waals surface area contributed by atoms with Gasteiger partial charge in [0.05, 0.1) is 0 Å². The van der Waals surface area contributed by atoms with E-state index in [0.29, 0.717) is 0 Å². The molecule has 0 radical (unpaired) electrons. The number of nitrogens with one attached hydrogen (secondary N) is 1. The summed E-state index contributed by atoms with van der Waals surface area (Å²) in [5.74, 6) is 0. The van der Waals surface area contributed by atoms with E-state index in [4.69, 9.17) is 11.5 Å². The largest absolute Gasteiger partial charge is 0.358 e. The van der Waals surface area contributed by atoms with E-state index < -0.39 is 0 Å². The monoisotopic (exact) mass is 203 g/mol. The average molecular weight is 203 g/mol. The number of H-pyrrole nitrogens is 1. The maximum atomic E-state index is 6.10. The highest BCUT2D eigenvalue weighted by Crippen LogP contribution is 2.27. The van der Waals surface area contributed by atoms with Gasteiger partial charge in [-0.25, -0.2) is 0 Å². The second-order valence-electron chi connectivity index (χ2n) is 4.09. The molecule has 0 amide bonds. The summed E-state index contributed by atoms with van der Waals surface area (Å²) in [4.78, 5) is 3.33. The van der Waals surface area contributed by atoms with Crippen LogP contribution >= 0.6 is 0 Å². The van der Waals surface area contributed by atoms with Gasteiger partial charge >= 0.3 is 0 Å². The summed E-state index contributed by atoms with van der Waals surface area (Å²) in [5.41, 5.74) is 15.3. The number of nitrogens with two attached hydrogens (primary N) is 2. The Morgan fingerprint density at radius 1 is 1.20 bits per heavy atom. The van der Waals surface area contributed by atoms with Crippen LogP contribution < -0.4 is 11.5 Å². The molecule has 0 saturated carbocycles. The van der Waals surface area contributed by atoms with Crippen LogP contribution in [0.25, 0.3) is 10.9 Å². The third-order valence-corrected chi connectivity index (χ3v) is 2.84. The Morgan fingerprint density at radius 3 is 2.53 bits per heavy atom. The Morgan fingerprint density at radius 2 is 1.87 bits per heavy atom. The van der Waals surface area contributed by atoms with E-state index in [1.54, 1.807) is 0 Å². The van der Waals surface area contributed by atoms with Gasteiger partial charge in [-0.05, 0) is 25.5 Å². The lowest BCUT2D eigenvalue weighted by atomic mass is 9.99. The molecule has 2 unspecified atom stereocenters. The zero-order valence-corrected chi connectivity index (χ0v) is 9.12. The molecule has 15 heavy (non-hydrogen) atoms. The number of hydrogen-bond donors (Lipinski definition) is 3. The van der Waals surface area contributed by atoms with Crippen LogP contribution in [0.4, 0.5) is 0 Å². The van der Waals surface area contributed by atoms with Gasteiger partial charge in [0.1, 0.15) is 0 Å². The smallest absolute Gasteiger partial charge is 0.0469 e. The zero-order valence-electron chi connectivity index (χ0n) is 9.12. The van der Waals surface area contributed by atoms with Crippen LogP contribution in [0.5, 0.6) is 0 Å². The third kappa shape index (κ3) is 1.64. The topological polar surface area (TPSA) is 67.8 Å². The predicted octanol–water partition coefficient (Wildman–Crippen LogP) is 1.82. The maximum Gasteiger partial charge on any atom is 0.0469 e. The normalized spacial score (nSPS) is 15.5. The number of aryl methyl sites for hydroxylation is 1. The fourth-order valence-electron chi connectivity index (χ4n) is 1.99. The van der Waals surface area contributed by atoms with E-state index in [0.717, 1.165) is 16.8 Å². The van der Waals surface area contributed by atoms with Crippen molar-refractivity contribution in [2.75, 3.05) is 0 Å². The van der Waals surface area contributed by atoms with Crippen LogP contribution in [-0.2, 0) is 0 Å². The first kappa shape index (κ1) is 10.2. The number of hydrogen-bond acceptors (Lipinski definition) is 2.